The second-order valence-corrected chi connectivity index (χ2v) is 5.62. The summed E-state index contributed by atoms with van der Waals surface area (Å²) in [6, 6.07) is 0.492. The fourth-order valence-electron chi connectivity index (χ4n) is 2.58. The minimum absolute atomic E-state index is 0.00406. The minimum atomic E-state index is -0.00406. The molecule has 1 atom stereocenters. The molecule has 88 valence electrons. The molecule has 0 bridgehead atoms. The summed E-state index contributed by atoms with van der Waals surface area (Å²) in [6.07, 6.45) is 6.68. The van der Waals surface area contributed by atoms with E-state index in [0.717, 1.165) is 12.8 Å². The maximum Gasteiger partial charge on any atom is 0.223 e. The summed E-state index contributed by atoms with van der Waals surface area (Å²) in [5, 5.41) is 0. The van der Waals surface area contributed by atoms with Crippen LogP contribution in [0.15, 0.2) is 0 Å². The van der Waals surface area contributed by atoms with Gasteiger partial charge in [0, 0.05) is 18.0 Å². The summed E-state index contributed by atoms with van der Waals surface area (Å²) in [6.45, 7) is 8.66. The average molecular weight is 211 g/mol. The van der Waals surface area contributed by atoms with Crippen LogP contribution < -0.4 is 0 Å². The number of carbonyl (C=O) groups excluding carboxylic acids is 1. The van der Waals surface area contributed by atoms with Crippen molar-refractivity contribution in [1.29, 1.82) is 0 Å². The van der Waals surface area contributed by atoms with Gasteiger partial charge in [-0.25, -0.2) is 0 Å². The molecule has 15 heavy (non-hydrogen) atoms. The second kappa shape index (κ2) is 5.00. The van der Waals surface area contributed by atoms with Crippen molar-refractivity contribution in [3.05, 3.63) is 0 Å². The van der Waals surface area contributed by atoms with Crippen molar-refractivity contribution in [1.82, 2.24) is 4.90 Å². The fourth-order valence-corrected chi connectivity index (χ4v) is 2.58. The zero-order chi connectivity index (χ0) is 11.5. The summed E-state index contributed by atoms with van der Waals surface area (Å²) in [5.41, 5.74) is -0.00406. The molecule has 0 aliphatic carbocycles. The molecule has 1 amide bonds. The Hall–Kier alpha value is -0.530. The highest BCUT2D eigenvalue weighted by molar-refractivity contribution is 5.78. The monoisotopic (exact) mass is 211 g/mol. The molecule has 0 aromatic carbocycles. The molecule has 1 fully saturated rings. The predicted molar refractivity (Wildman–Crippen MR) is 63.8 cm³/mol. The van der Waals surface area contributed by atoms with E-state index in [1.165, 1.54) is 25.7 Å². The Labute approximate surface area is 94.0 Å². The lowest BCUT2D eigenvalue weighted by atomic mass is 9.91. The van der Waals surface area contributed by atoms with Crippen molar-refractivity contribution in [3.63, 3.8) is 0 Å². The summed E-state index contributed by atoms with van der Waals surface area (Å²) < 4.78 is 0. The lowest BCUT2D eigenvalue weighted by Gasteiger charge is -2.45. The van der Waals surface area contributed by atoms with E-state index >= 15 is 0 Å². The number of nitrogens with zero attached hydrogens (tertiary/aromatic N) is 1. The Balaban J connectivity index is 2.69. The van der Waals surface area contributed by atoms with E-state index in [-0.39, 0.29) is 5.54 Å². The molecule has 1 unspecified atom stereocenters. The van der Waals surface area contributed by atoms with Crippen molar-refractivity contribution >= 4 is 5.91 Å². The second-order valence-electron chi connectivity index (χ2n) is 5.62. The highest BCUT2D eigenvalue weighted by Gasteiger charge is 2.34. The summed E-state index contributed by atoms with van der Waals surface area (Å²) in [4.78, 5) is 14.1. The van der Waals surface area contributed by atoms with Crippen molar-refractivity contribution < 1.29 is 4.79 Å². The van der Waals surface area contributed by atoms with Crippen LogP contribution in [0.5, 0.6) is 0 Å². The van der Waals surface area contributed by atoms with E-state index in [1.807, 2.05) is 0 Å². The molecule has 1 aliphatic heterocycles. The Kier molecular flexibility index (Phi) is 4.18. The number of amides is 1. The van der Waals surface area contributed by atoms with Crippen molar-refractivity contribution in [2.24, 2.45) is 0 Å². The largest absolute Gasteiger partial charge is 0.335 e. The molecule has 0 N–H and O–H groups in total. The fraction of sp³-hybridized carbons (Fsp3) is 0.923. The first-order chi connectivity index (χ1) is 6.96. The van der Waals surface area contributed by atoms with E-state index in [1.54, 1.807) is 0 Å². The van der Waals surface area contributed by atoms with Gasteiger partial charge >= 0.3 is 0 Å². The van der Waals surface area contributed by atoms with Crippen LogP contribution in [-0.4, -0.2) is 22.4 Å². The highest BCUT2D eigenvalue weighted by Crippen LogP contribution is 2.29. The molecule has 2 heteroatoms. The van der Waals surface area contributed by atoms with E-state index < -0.39 is 0 Å². The Morgan fingerprint density at radius 1 is 1.40 bits per heavy atom. The molecule has 2 nitrogen and oxygen atoms in total. The molecule has 1 saturated heterocycles. The number of hydrogen-bond acceptors (Lipinski definition) is 1. The van der Waals surface area contributed by atoms with Crippen LogP contribution in [0.1, 0.15) is 66.2 Å². The van der Waals surface area contributed by atoms with E-state index in [2.05, 4.69) is 32.6 Å². The van der Waals surface area contributed by atoms with E-state index in [9.17, 15) is 4.79 Å². The van der Waals surface area contributed by atoms with Crippen LogP contribution >= 0.6 is 0 Å². The van der Waals surface area contributed by atoms with Gasteiger partial charge in [-0.15, -0.1) is 0 Å². The SMILES string of the molecule is CCCCC1CCCC(=O)N1C(C)(C)C. The quantitative estimate of drug-likeness (QED) is 0.701. The van der Waals surface area contributed by atoms with Crippen molar-refractivity contribution in [2.45, 2.75) is 77.8 Å². The Morgan fingerprint density at radius 2 is 2.07 bits per heavy atom. The van der Waals surface area contributed by atoms with Gasteiger partial charge in [0.05, 0.1) is 0 Å². The van der Waals surface area contributed by atoms with Gasteiger partial charge in [0.15, 0.2) is 0 Å². The third kappa shape index (κ3) is 3.22. The summed E-state index contributed by atoms with van der Waals surface area (Å²) in [7, 11) is 0. The summed E-state index contributed by atoms with van der Waals surface area (Å²) in [5.74, 6) is 0.356. The molecule has 0 spiro atoms. The minimum Gasteiger partial charge on any atom is -0.335 e. The Bertz CT molecular complexity index is 217. The lowest BCUT2D eigenvalue weighted by Crippen LogP contribution is -2.53. The molecule has 1 rings (SSSR count). The van der Waals surface area contributed by atoms with Crippen molar-refractivity contribution in [3.8, 4) is 0 Å². The topological polar surface area (TPSA) is 20.3 Å². The van der Waals surface area contributed by atoms with Gasteiger partial charge in [-0.3, -0.25) is 4.79 Å². The van der Waals surface area contributed by atoms with Gasteiger partial charge in [0.1, 0.15) is 0 Å². The maximum absolute atomic E-state index is 11.9. The van der Waals surface area contributed by atoms with Gasteiger partial charge in [-0.1, -0.05) is 19.8 Å². The van der Waals surface area contributed by atoms with Gasteiger partial charge < -0.3 is 4.90 Å². The van der Waals surface area contributed by atoms with Gasteiger partial charge in [-0.05, 0) is 40.0 Å². The van der Waals surface area contributed by atoms with Gasteiger partial charge in [0.2, 0.25) is 5.91 Å². The summed E-state index contributed by atoms with van der Waals surface area (Å²) >= 11 is 0. The zero-order valence-corrected chi connectivity index (χ0v) is 10.7. The van der Waals surface area contributed by atoms with Crippen LogP contribution in [-0.2, 0) is 4.79 Å². The van der Waals surface area contributed by atoms with Gasteiger partial charge in [-0.2, -0.15) is 0 Å². The number of likely N-dealkylation sites (tertiary alicyclic amines) is 1. The average Bonchev–Trinajstić information content (AvgIpc) is 2.12. The number of piperidine rings is 1. The van der Waals surface area contributed by atoms with Crippen LogP contribution in [0.25, 0.3) is 0 Å². The number of unbranched alkanes of at least 4 members (excludes halogenated alkanes) is 1. The third-order valence-corrected chi connectivity index (χ3v) is 3.18. The Morgan fingerprint density at radius 3 is 2.60 bits per heavy atom. The molecular formula is C13H25NO. The standard InChI is InChI=1S/C13H25NO/c1-5-6-8-11-9-7-10-12(15)14(11)13(2,3)4/h11H,5-10H2,1-4H3. The van der Waals surface area contributed by atoms with Crippen LogP contribution in [0.3, 0.4) is 0 Å². The predicted octanol–water partition coefficient (Wildman–Crippen LogP) is 3.36. The van der Waals surface area contributed by atoms with Gasteiger partial charge in [0.25, 0.3) is 0 Å². The number of hydrogen-bond donors (Lipinski definition) is 0. The van der Waals surface area contributed by atoms with Crippen LogP contribution in [0, 0.1) is 0 Å². The first-order valence-corrected chi connectivity index (χ1v) is 6.29. The maximum atomic E-state index is 11.9. The lowest BCUT2D eigenvalue weighted by molar-refractivity contribution is -0.142. The molecule has 0 radical (unpaired) electrons. The molecular weight excluding hydrogens is 186 g/mol. The van der Waals surface area contributed by atoms with E-state index in [4.69, 9.17) is 0 Å². The van der Waals surface area contributed by atoms with Crippen LogP contribution in [0.4, 0.5) is 0 Å². The van der Waals surface area contributed by atoms with Crippen molar-refractivity contribution in [2.75, 3.05) is 0 Å². The third-order valence-electron chi connectivity index (χ3n) is 3.18. The normalized spacial score (nSPS) is 23.3. The molecule has 0 saturated carbocycles. The van der Waals surface area contributed by atoms with E-state index in [0.29, 0.717) is 11.9 Å². The zero-order valence-electron chi connectivity index (χ0n) is 10.7. The number of carbonyl (C=O) groups is 1. The molecule has 1 heterocycles. The molecule has 1 aliphatic rings. The smallest absolute Gasteiger partial charge is 0.223 e. The first kappa shape index (κ1) is 12.5. The first-order valence-electron chi connectivity index (χ1n) is 6.29. The molecule has 0 aromatic rings. The highest BCUT2D eigenvalue weighted by atomic mass is 16.2. The van der Waals surface area contributed by atoms with Crippen LogP contribution in [0.2, 0.25) is 0 Å². The number of rotatable bonds is 3. The molecule has 0 aromatic heterocycles.